The van der Waals surface area contributed by atoms with Gasteiger partial charge in [0.05, 0.1) is 31.6 Å². The first-order chi connectivity index (χ1) is 16.2. The van der Waals surface area contributed by atoms with Gasteiger partial charge in [-0.3, -0.25) is 4.79 Å². The summed E-state index contributed by atoms with van der Waals surface area (Å²) in [4.78, 5) is 31.8. The summed E-state index contributed by atoms with van der Waals surface area (Å²) in [6, 6.07) is 17.3. The normalized spacial score (nSPS) is 15.0. The van der Waals surface area contributed by atoms with Crippen LogP contribution < -0.4 is 15.0 Å². The number of aliphatic imine (C=N–C) groups is 1. The fourth-order valence-electron chi connectivity index (χ4n) is 3.89. The summed E-state index contributed by atoms with van der Waals surface area (Å²) < 4.78 is 11.9. The quantitative estimate of drug-likeness (QED) is 0.459. The number of benzene rings is 3. The zero-order valence-corrected chi connectivity index (χ0v) is 21.1. The molecule has 3 aromatic rings. The molecular formula is C26H26BrN3O4. The molecule has 8 heteroatoms. The second kappa shape index (κ2) is 9.46. The predicted octanol–water partition coefficient (Wildman–Crippen LogP) is 5.95. The lowest BCUT2D eigenvalue weighted by atomic mass is 10.0. The summed E-state index contributed by atoms with van der Waals surface area (Å²) in [7, 11) is 1.61. The van der Waals surface area contributed by atoms with E-state index in [0.29, 0.717) is 11.4 Å². The van der Waals surface area contributed by atoms with Gasteiger partial charge in [-0.05, 0) is 61.9 Å². The number of hydrogen-bond acceptors (Lipinski definition) is 5. The Bertz CT molecular complexity index is 1300. The van der Waals surface area contributed by atoms with Crippen molar-refractivity contribution >= 4 is 55.8 Å². The average Bonchev–Trinajstić information content (AvgIpc) is 2.90. The number of hydrogen-bond donors (Lipinski definition) is 1. The van der Waals surface area contributed by atoms with E-state index in [1.807, 2.05) is 54.6 Å². The van der Waals surface area contributed by atoms with E-state index in [1.54, 1.807) is 32.8 Å². The maximum atomic E-state index is 13.7. The molecule has 1 aliphatic rings. The number of carbonyl (C=O) groups is 2. The number of amides is 2. The Hall–Kier alpha value is -3.39. The van der Waals surface area contributed by atoms with Gasteiger partial charge in [0.25, 0.3) is 5.91 Å². The number of para-hydroxylation sites is 2. The molecule has 3 aromatic carbocycles. The standard InChI is InChI=1S/C26H26BrN3O4/c1-26(2,3)34-25(32)29-21-14-28-20-10-5-6-11-22(20)30(24(21)31)15-18-16-8-7-9-19(27)17(16)12-13-23(18)33-4/h5-13,28H,14-15H2,1-4H3/b29-21+. The zero-order chi connectivity index (χ0) is 24.5. The number of nitrogens with one attached hydrogen (secondary N) is 1. The SMILES string of the molecule is COc1ccc2c(Br)cccc2c1CN1C(=O)/C(=N/C(=O)OC(C)(C)C)CNc2ccccc21. The molecule has 4 rings (SSSR count). The Morgan fingerprint density at radius 2 is 1.85 bits per heavy atom. The minimum absolute atomic E-state index is 0.0748. The fourth-order valence-corrected chi connectivity index (χ4v) is 4.39. The van der Waals surface area contributed by atoms with E-state index in [0.717, 1.165) is 26.5 Å². The van der Waals surface area contributed by atoms with Gasteiger partial charge in [-0.1, -0.05) is 40.2 Å². The molecule has 1 N–H and O–H groups in total. The Kier molecular flexibility index (Phi) is 6.61. The van der Waals surface area contributed by atoms with Gasteiger partial charge in [0, 0.05) is 10.0 Å². The van der Waals surface area contributed by atoms with Gasteiger partial charge < -0.3 is 19.7 Å². The Morgan fingerprint density at radius 1 is 1.09 bits per heavy atom. The molecule has 0 radical (unpaired) electrons. The predicted molar refractivity (Wildman–Crippen MR) is 138 cm³/mol. The number of methoxy groups -OCH3 is 1. The van der Waals surface area contributed by atoms with Crippen molar-refractivity contribution in [1.82, 2.24) is 0 Å². The van der Waals surface area contributed by atoms with Crippen LogP contribution >= 0.6 is 15.9 Å². The highest BCUT2D eigenvalue weighted by molar-refractivity contribution is 9.10. The first-order valence-corrected chi connectivity index (χ1v) is 11.7. The largest absolute Gasteiger partial charge is 0.496 e. The average molecular weight is 524 g/mol. The molecule has 7 nitrogen and oxygen atoms in total. The maximum absolute atomic E-state index is 13.7. The topological polar surface area (TPSA) is 80.2 Å². The molecule has 0 unspecified atom stereocenters. The van der Waals surface area contributed by atoms with Crippen molar-refractivity contribution in [3.05, 3.63) is 64.6 Å². The van der Waals surface area contributed by atoms with E-state index in [9.17, 15) is 9.59 Å². The van der Waals surface area contributed by atoms with Crippen molar-refractivity contribution in [1.29, 1.82) is 0 Å². The van der Waals surface area contributed by atoms with Crippen LogP contribution in [0.3, 0.4) is 0 Å². The summed E-state index contributed by atoms with van der Waals surface area (Å²) in [5, 5.41) is 5.19. The third-order valence-electron chi connectivity index (χ3n) is 5.37. The second-order valence-corrected chi connectivity index (χ2v) is 9.74. The second-order valence-electron chi connectivity index (χ2n) is 8.88. The highest BCUT2D eigenvalue weighted by Gasteiger charge is 2.30. The molecule has 1 aliphatic heterocycles. The van der Waals surface area contributed by atoms with E-state index in [2.05, 4.69) is 26.2 Å². The van der Waals surface area contributed by atoms with Crippen molar-refractivity contribution in [3.8, 4) is 5.75 Å². The number of halogens is 1. The summed E-state index contributed by atoms with van der Waals surface area (Å²) in [5.41, 5.74) is 1.67. The minimum atomic E-state index is -0.796. The van der Waals surface area contributed by atoms with Crippen LogP contribution in [-0.2, 0) is 16.1 Å². The van der Waals surface area contributed by atoms with E-state index < -0.39 is 11.7 Å². The number of rotatable bonds is 3. The molecule has 0 saturated heterocycles. The van der Waals surface area contributed by atoms with Crippen LogP contribution in [0.15, 0.2) is 64.1 Å². The van der Waals surface area contributed by atoms with Gasteiger partial charge in [0.2, 0.25) is 0 Å². The number of anilines is 2. The molecule has 2 amide bonds. The van der Waals surface area contributed by atoms with Crippen molar-refractivity contribution in [2.45, 2.75) is 32.9 Å². The summed E-state index contributed by atoms with van der Waals surface area (Å²) in [6.07, 6.45) is -0.796. The molecule has 0 saturated carbocycles. The van der Waals surface area contributed by atoms with Crippen molar-refractivity contribution in [2.24, 2.45) is 4.99 Å². The monoisotopic (exact) mass is 523 g/mol. The zero-order valence-electron chi connectivity index (χ0n) is 19.5. The van der Waals surface area contributed by atoms with Crippen molar-refractivity contribution in [3.63, 3.8) is 0 Å². The summed E-state index contributed by atoms with van der Waals surface area (Å²) in [6.45, 7) is 5.59. The van der Waals surface area contributed by atoms with E-state index >= 15 is 0 Å². The number of carbonyl (C=O) groups excluding carboxylic acids is 2. The third-order valence-corrected chi connectivity index (χ3v) is 6.06. The maximum Gasteiger partial charge on any atom is 0.434 e. The highest BCUT2D eigenvalue weighted by atomic mass is 79.9. The summed E-state index contributed by atoms with van der Waals surface area (Å²) in [5.74, 6) is 0.288. The molecule has 0 spiro atoms. The molecular weight excluding hydrogens is 498 g/mol. The van der Waals surface area contributed by atoms with Crippen LogP contribution in [0.1, 0.15) is 26.3 Å². The molecule has 176 valence electrons. The van der Waals surface area contributed by atoms with E-state index in [4.69, 9.17) is 9.47 Å². The van der Waals surface area contributed by atoms with Crippen LogP contribution in [0.2, 0.25) is 0 Å². The molecule has 0 aliphatic carbocycles. The van der Waals surface area contributed by atoms with Crippen LogP contribution in [0.25, 0.3) is 10.8 Å². The Morgan fingerprint density at radius 3 is 2.59 bits per heavy atom. The first-order valence-electron chi connectivity index (χ1n) is 10.9. The third kappa shape index (κ3) is 4.92. The van der Waals surface area contributed by atoms with Crippen LogP contribution in [0.5, 0.6) is 5.75 Å². The lowest BCUT2D eigenvalue weighted by Gasteiger charge is -2.25. The van der Waals surface area contributed by atoms with Gasteiger partial charge >= 0.3 is 6.09 Å². The minimum Gasteiger partial charge on any atom is -0.496 e. The lowest BCUT2D eigenvalue weighted by molar-refractivity contribution is -0.112. The van der Waals surface area contributed by atoms with E-state index in [-0.39, 0.29) is 24.7 Å². The first kappa shape index (κ1) is 23.8. The van der Waals surface area contributed by atoms with Gasteiger partial charge in [0.15, 0.2) is 0 Å². The Labute approximate surface area is 206 Å². The van der Waals surface area contributed by atoms with Crippen LogP contribution in [0, 0.1) is 0 Å². The molecule has 0 aromatic heterocycles. The van der Waals surface area contributed by atoms with Gasteiger partial charge in [0.1, 0.15) is 17.1 Å². The lowest BCUT2D eigenvalue weighted by Crippen LogP contribution is -2.37. The summed E-state index contributed by atoms with van der Waals surface area (Å²) >= 11 is 3.61. The number of ether oxygens (including phenoxy) is 2. The molecule has 0 atom stereocenters. The fraction of sp³-hybridized carbons (Fsp3) is 0.269. The molecule has 1 heterocycles. The highest BCUT2D eigenvalue weighted by Crippen LogP contribution is 2.36. The Balaban J connectivity index is 1.81. The van der Waals surface area contributed by atoms with E-state index in [1.165, 1.54) is 0 Å². The van der Waals surface area contributed by atoms with Gasteiger partial charge in [-0.2, -0.15) is 4.99 Å². The molecule has 0 fully saturated rings. The van der Waals surface area contributed by atoms with Gasteiger partial charge in [-0.25, -0.2) is 4.79 Å². The van der Waals surface area contributed by atoms with Crippen molar-refractivity contribution < 1.29 is 19.1 Å². The smallest absolute Gasteiger partial charge is 0.434 e. The number of fused-ring (bicyclic) bond motifs is 2. The molecule has 0 bridgehead atoms. The molecule has 34 heavy (non-hydrogen) atoms. The number of nitrogens with zero attached hydrogens (tertiary/aromatic N) is 2. The van der Waals surface area contributed by atoms with Crippen LogP contribution in [-0.4, -0.2) is 37.0 Å². The van der Waals surface area contributed by atoms with Crippen molar-refractivity contribution in [2.75, 3.05) is 23.9 Å². The van der Waals surface area contributed by atoms with Gasteiger partial charge in [-0.15, -0.1) is 0 Å². The van der Waals surface area contributed by atoms with Crippen LogP contribution in [0.4, 0.5) is 16.2 Å².